The van der Waals surface area contributed by atoms with Crippen LogP contribution in [0.4, 0.5) is 10.6 Å². The van der Waals surface area contributed by atoms with Crippen LogP contribution in [-0.4, -0.2) is 94.7 Å². The molecule has 0 aromatic carbocycles. The Balaban J connectivity index is 0.00000408. The molecule has 3 heterocycles. The molecule has 3 amide bonds. The summed E-state index contributed by atoms with van der Waals surface area (Å²) in [5.41, 5.74) is 2.63. The van der Waals surface area contributed by atoms with E-state index in [2.05, 4.69) is 21.8 Å². The number of thioether (sulfide) groups is 1. The number of carbonyl (C=O) groups excluding carboxylic acids is 3. The van der Waals surface area contributed by atoms with Crippen LogP contribution in [0, 0.1) is 11.3 Å². The number of hydrogen-bond acceptors (Lipinski definition) is 9. The summed E-state index contributed by atoms with van der Waals surface area (Å²) in [6.45, 7) is 1.37. The SMILES string of the molecule is COC(=O)NN(CC(=O)N1CSC[C@H]1C#N)C1CCN(CC(=O)Nc2ccc(Cl)cn2)CC1.Cl. The van der Waals surface area contributed by atoms with Crippen molar-refractivity contribution in [1.82, 2.24) is 25.2 Å². The van der Waals surface area contributed by atoms with Crippen molar-refractivity contribution in [3.8, 4) is 6.07 Å². The van der Waals surface area contributed by atoms with Gasteiger partial charge in [-0.15, -0.1) is 24.2 Å². The molecule has 1 atom stereocenters. The summed E-state index contributed by atoms with van der Waals surface area (Å²) in [5.74, 6) is 1.07. The molecule has 0 unspecified atom stereocenters. The maximum atomic E-state index is 12.8. The number of nitriles is 1. The minimum absolute atomic E-state index is 0. The lowest BCUT2D eigenvalue weighted by molar-refractivity contribution is -0.133. The van der Waals surface area contributed by atoms with Crippen molar-refractivity contribution in [3.05, 3.63) is 23.4 Å². The zero-order valence-electron chi connectivity index (χ0n) is 18.6. The van der Waals surface area contributed by atoms with Gasteiger partial charge in [0, 0.05) is 31.1 Å². The Labute approximate surface area is 213 Å². The van der Waals surface area contributed by atoms with E-state index in [4.69, 9.17) is 16.3 Å². The van der Waals surface area contributed by atoms with Crippen molar-refractivity contribution in [3.63, 3.8) is 0 Å². The molecule has 0 aliphatic carbocycles. The Hall–Kier alpha value is -2.30. The molecule has 11 nitrogen and oxygen atoms in total. The van der Waals surface area contributed by atoms with E-state index in [1.807, 2.05) is 4.90 Å². The quantitative estimate of drug-likeness (QED) is 0.503. The lowest BCUT2D eigenvalue weighted by Crippen LogP contribution is -2.56. The number of aromatic nitrogens is 1. The Morgan fingerprint density at radius 3 is 2.71 bits per heavy atom. The average molecular weight is 532 g/mol. The summed E-state index contributed by atoms with van der Waals surface area (Å²) >= 11 is 7.33. The monoisotopic (exact) mass is 531 g/mol. The number of hydrazine groups is 1. The zero-order chi connectivity index (χ0) is 23.8. The van der Waals surface area contributed by atoms with Gasteiger partial charge in [-0.1, -0.05) is 11.6 Å². The first kappa shape index (κ1) is 27.9. The highest BCUT2D eigenvalue weighted by Crippen LogP contribution is 2.22. The largest absolute Gasteiger partial charge is 0.452 e. The highest BCUT2D eigenvalue weighted by Gasteiger charge is 2.33. The van der Waals surface area contributed by atoms with E-state index in [-0.39, 0.29) is 43.4 Å². The van der Waals surface area contributed by atoms with Crippen molar-refractivity contribution in [1.29, 1.82) is 5.26 Å². The molecule has 0 bridgehead atoms. The van der Waals surface area contributed by atoms with Gasteiger partial charge in [0.25, 0.3) is 0 Å². The summed E-state index contributed by atoms with van der Waals surface area (Å²) in [6.07, 6.45) is 2.08. The molecule has 1 aromatic rings. The number of anilines is 1. The van der Waals surface area contributed by atoms with Crippen LogP contribution in [0.2, 0.25) is 5.02 Å². The number of amides is 3. The number of halogens is 2. The zero-order valence-corrected chi connectivity index (χ0v) is 21.0. The van der Waals surface area contributed by atoms with E-state index in [1.54, 1.807) is 17.1 Å². The fourth-order valence-electron chi connectivity index (χ4n) is 3.68. The van der Waals surface area contributed by atoms with Gasteiger partial charge in [0.2, 0.25) is 11.8 Å². The lowest BCUT2D eigenvalue weighted by atomic mass is 10.0. The van der Waals surface area contributed by atoms with E-state index in [0.717, 1.165) is 0 Å². The number of nitrogens with zero attached hydrogens (tertiary/aromatic N) is 5. The van der Waals surface area contributed by atoms with Crippen molar-refractivity contribution in [2.75, 3.05) is 50.2 Å². The van der Waals surface area contributed by atoms with Gasteiger partial charge in [0.1, 0.15) is 11.9 Å². The topological polar surface area (TPSA) is 131 Å². The molecule has 34 heavy (non-hydrogen) atoms. The van der Waals surface area contributed by atoms with Crippen molar-refractivity contribution in [2.24, 2.45) is 0 Å². The second kappa shape index (κ2) is 13.6. The van der Waals surface area contributed by atoms with Gasteiger partial charge >= 0.3 is 6.09 Å². The smallest absolute Gasteiger partial charge is 0.421 e. The summed E-state index contributed by atoms with van der Waals surface area (Å²) < 4.78 is 4.71. The Bertz CT molecular complexity index is 894. The van der Waals surface area contributed by atoms with Crippen LogP contribution in [0.15, 0.2) is 18.3 Å². The van der Waals surface area contributed by atoms with Gasteiger partial charge in [-0.05, 0) is 25.0 Å². The van der Waals surface area contributed by atoms with Crippen LogP contribution in [-0.2, 0) is 14.3 Å². The second-order valence-corrected chi connectivity index (χ2v) is 9.09. The molecule has 0 saturated carbocycles. The molecule has 0 radical (unpaired) electrons. The average Bonchev–Trinajstić information content (AvgIpc) is 3.29. The first-order valence-electron chi connectivity index (χ1n) is 10.4. The minimum atomic E-state index is -0.660. The maximum absolute atomic E-state index is 12.8. The molecule has 2 fully saturated rings. The van der Waals surface area contributed by atoms with Gasteiger partial charge in [-0.2, -0.15) is 5.26 Å². The predicted octanol–water partition coefficient (Wildman–Crippen LogP) is 1.56. The maximum Gasteiger partial charge on any atom is 0.421 e. The Morgan fingerprint density at radius 2 is 2.09 bits per heavy atom. The number of hydrogen-bond donors (Lipinski definition) is 2. The van der Waals surface area contributed by atoms with Gasteiger partial charge in [0.05, 0.1) is 37.2 Å². The van der Waals surface area contributed by atoms with Crippen LogP contribution in [0.25, 0.3) is 0 Å². The molecule has 186 valence electrons. The number of piperidine rings is 1. The fourth-order valence-corrected chi connectivity index (χ4v) is 4.89. The van der Waals surface area contributed by atoms with E-state index >= 15 is 0 Å². The third-order valence-electron chi connectivity index (χ3n) is 5.44. The molecular weight excluding hydrogens is 505 g/mol. The van der Waals surface area contributed by atoms with Crippen LogP contribution in [0.1, 0.15) is 12.8 Å². The summed E-state index contributed by atoms with van der Waals surface area (Å²) in [4.78, 5) is 44.6. The predicted molar refractivity (Wildman–Crippen MR) is 130 cm³/mol. The Kier molecular flexibility index (Phi) is 11.1. The molecular formula is C20H27Cl2N7O4S. The number of ether oxygens (including phenoxy) is 1. The molecule has 3 rings (SSSR count). The summed E-state index contributed by atoms with van der Waals surface area (Å²) in [7, 11) is 1.26. The van der Waals surface area contributed by atoms with Gasteiger partial charge in [-0.3, -0.25) is 19.9 Å². The minimum Gasteiger partial charge on any atom is -0.452 e. The first-order chi connectivity index (χ1) is 15.9. The highest BCUT2D eigenvalue weighted by molar-refractivity contribution is 7.99. The molecule has 2 aliphatic rings. The lowest BCUT2D eigenvalue weighted by Gasteiger charge is -2.38. The van der Waals surface area contributed by atoms with E-state index in [0.29, 0.717) is 48.4 Å². The highest BCUT2D eigenvalue weighted by atomic mass is 35.5. The molecule has 2 aliphatic heterocycles. The third-order valence-corrected chi connectivity index (χ3v) is 6.67. The molecule has 0 spiro atoms. The number of pyridine rings is 1. The van der Waals surface area contributed by atoms with Crippen molar-refractivity contribution < 1.29 is 19.1 Å². The van der Waals surface area contributed by atoms with Gasteiger partial charge in [0.15, 0.2) is 0 Å². The standard InChI is InChI=1S/C20H26ClN7O4S.ClH/c1-32-20(31)25-28(11-19(30)27-13-33-12-16(27)8-22)15-4-6-26(7-5-15)10-18(29)24-17-3-2-14(21)9-23-17;/h2-3,9,15-16H,4-7,10-13H2,1H3,(H,25,31)(H,23,24,29);1H/t16-;/m1./s1. The first-order valence-corrected chi connectivity index (χ1v) is 11.9. The van der Waals surface area contributed by atoms with Gasteiger partial charge < -0.3 is 15.0 Å². The van der Waals surface area contributed by atoms with Crippen LogP contribution in [0.5, 0.6) is 0 Å². The Morgan fingerprint density at radius 1 is 1.35 bits per heavy atom. The summed E-state index contributed by atoms with van der Waals surface area (Å²) in [6, 6.07) is 4.86. The van der Waals surface area contributed by atoms with Crippen LogP contribution >= 0.6 is 35.8 Å². The second-order valence-electron chi connectivity index (χ2n) is 7.66. The van der Waals surface area contributed by atoms with E-state index in [1.165, 1.54) is 30.0 Å². The van der Waals surface area contributed by atoms with Crippen LogP contribution in [0.3, 0.4) is 0 Å². The van der Waals surface area contributed by atoms with Crippen LogP contribution < -0.4 is 10.7 Å². The van der Waals surface area contributed by atoms with E-state index in [9.17, 15) is 19.6 Å². The molecule has 2 saturated heterocycles. The molecule has 14 heteroatoms. The number of methoxy groups -OCH3 is 1. The summed E-state index contributed by atoms with van der Waals surface area (Å²) in [5, 5.41) is 14.1. The normalized spacial score (nSPS) is 18.6. The number of likely N-dealkylation sites (tertiary alicyclic amines) is 1. The van der Waals surface area contributed by atoms with Crippen molar-refractivity contribution >= 4 is 59.5 Å². The number of nitrogens with one attached hydrogen (secondary N) is 2. The third kappa shape index (κ3) is 7.89. The van der Waals surface area contributed by atoms with E-state index < -0.39 is 12.1 Å². The number of carbonyl (C=O) groups is 3. The molecule has 2 N–H and O–H groups in total. The fraction of sp³-hybridized carbons (Fsp3) is 0.550. The van der Waals surface area contributed by atoms with Crippen molar-refractivity contribution in [2.45, 2.75) is 24.9 Å². The molecule has 1 aromatic heterocycles. The van der Waals surface area contributed by atoms with Gasteiger partial charge in [-0.25, -0.2) is 14.8 Å². The number of rotatable bonds is 7.